The summed E-state index contributed by atoms with van der Waals surface area (Å²) in [5.74, 6) is -0.379. The van der Waals surface area contributed by atoms with Gasteiger partial charge in [-0.15, -0.1) is 10.2 Å². The third kappa shape index (κ3) is 2.96. The van der Waals surface area contributed by atoms with Gasteiger partial charge in [0.15, 0.2) is 5.15 Å². The van der Waals surface area contributed by atoms with Crippen molar-refractivity contribution >= 4 is 22.5 Å². The number of hydrogen-bond acceptors (Lipinski definition) is 3. The maximum absolute atomic E-state index is 14.7. The van der Waals surface area contributed by atoms with Crippen LogP contribution < -0.4 is 0 Å². The summed E-state index contributed by atoms with van der Waals surface area (Å²) in [5, 5.41) is 14.0. The number of aromatic nitrogens is 4. The second kappa shape index (κ2) is 7.11. The minimum absolute atomic E-state index is 0.173. The molecule has 5 aromatic rings. The van der Waals surface area contributed by atoms with Gasteiger partial charge in [0.25, 0.3) is 0 Å². The summed E-state index contributed by atoms with van der Waals surface area (Å²) >= 11 is 6.37. The molecule has 2 aromatic heterocycles. The van der Waals surface area contributed by atoms with Crippen LogP contribution in [0.5, 0.6) is 0 Å². The number of nitrogens with zero attached hydrogens (tertiary/aromatic N) is 4. The van der Waals surface area contributed by atoms with Crippen LogP contribution in [0.2, 0.25) is 5.15 Å². The lowest BCUT2D eigenvalue weighted by molar-refractivity contribution is 0.612. The maximum Gasteiger partial charge on any atom is 0.179 e. The number of rotatable bonds is 3. The van der Waals surface area contributed by atoms with E-state index < -0.39 is 0 Å². The molecule has 3 aromatic carbocycles. The second-order valence-electron chi connectivity index (χ2n) is 6.51. The Hall–Kier alpha value is -3.57. The molecule has 0 N–H and O–H groups in total. The Balaban J connectivity index is 1.95. The molecule has 0 radical (unpaired) electrons. The average Bonchev–Trinajstić information content (AvgIpc) is 3.17. The Bertz CT molecular complexity index is 1320. The van der Waals surface area contributed by atoms with Gasteiger partial charge in [0.05, 0.1) is 11.1 Å². The zero-order chi connectivity index (χ0) is 19.8. The molecule has 0 atom stereocenters. The molecule has 4 nitrogen and oxygen atoms in total. The molecular formula is C23H14ClFN4. The molecule has 0 aliphatic carbocycles. The SMILES string of the molecule is Fc1ccccc1-n1nc2c(Cl)nnc(-c3ccccc3)c2c1-c1ccccc1. The Kier molecular flexibility index (Phi) is 4.30. The van der Waals surface area contributed by atoms with Gasteiger partial charge >= 0.3 is 0 Å². The highest BCUT2D eigenvalue weighted by molar-refractivity contribution is 6.34. The van der Waals surface area contributed by atoms with E-state index in [1.54, 1.807) is 22.9 Å². The van der Waals surface area contributed by atoms with E-state index in [4.69, 9.17) is 11.6 Å². The average molecular weight is 401 g/mol. The molecule has 29 heavy (non-hydrogen) atoms. The number of halogens is 2. The summed E-state index contributed by atoms with van der Waals surface area (Å²) in [6.07, 6.45) is 0. The third-order valence-corrected chi connectivity index (χ3v) is 4.99. The van der Waals surface area contributed by atoms with E-state index in [9.17, 15) is 4.39 Å². The fraction of sp³-hybridized carbons (Fsp3) is 0. The van der Waals surface area contributed by atoms with E-state index in [0.29, 0.717) is 22.6 Å². The summed E-state index contributed by atoms with van der Waals surface area (Å²) in [6.45, 7) is 0. The molecule has 0 spiro atoms. The van der Waals surface area contributed by atoms with Crippen molar-refractivity contribution in [2.45, 2.75) is 0 Å². The zero-order valence-corrected chi connectivity index (χ0v) is 15.9. The quantitative estimate of drug-likeness (QED) is 0.376. The van der Waals surface area contributed by atoms with Crippen molar-refractivity contribution in [3.63, 3.8) is 0 Å². The summed E-state index contributed by atoms with van der Waals surface area (Å²) in [4.78, 5) is 0. The van der Waals surface area contributed by atoms with Crippen molar-refractivity contribution in [1.82, 2.24) is 20.0 Å². The smallest absolute Gasteiger partial charge is 0.179 e. The predicted octanol–water partition coefficient (Wildman–Crippen LogP) is 5.94. The normalized spacial score (nSPS) is 11.1. The van der Waals surface area contributed by atoms with Gasteiger partial charge in [-0.1, -0.05) is 84.4 Å². The third-order valence-electron chi connectivity index (χ3n) is 4.73. The molecular weight excluding hydrogens is 387 g/mol. The summed E-state index contributed by atoms with van der Waals surface area (Å²) < 4.78 is 16.3. The van der Waals surface area contributed by atoms with Crippen LogP contribution in [0, 0.1) is 5.82 Å². The first-order chi connectivity index (χ1) is 14.2. The fourth-order valence-electron chi connectivity index (χ4n) is 3.44. The van der Waals surface area contributed by atoms with Gasteiger partial charge in [-0.2, -0.15) is 5.10 Å². The summed E-state index contributed by atoms with van der Waals surface area (Å²) in [5.41, 5.74) is 3.92. The van der Waals surface area contributed by atoms with Crippen molar-refractivity contribution in [3.8, 4) is 28.2 Å². The van der Waals surface area contributed by atoms with E-state index in [0.717, 1.165) is 16.5 Å². The maximum atomic E-state index is 14.7. The van der Waals surface area contributed by atoms with Crippen LogP contribution in [0.25, 0.3) is 39.1 Å². The van der Waals surface area contributed by atoms with Crippen LogP contribution in [0.3, 0.4) is 0 Å². The van der Waals surface area contributed by atoms with E-state index in [1.807, 2.05) is 60.7 Å². The lowest BCUT2D eigenvalue weighted by Crippen LogP contribution is -2.01. The van der Waals surface area contributed by atoms with Crippen molar-refractivity contribution in [2.24, 2.45) is 0 Å². The van der Waals surface area contributed by atoms with Crippen molar-refractivity contribution < 1.29 is 4.39 Å². The Labute approximate surface area is 171 Å². The fourth-order valence-corrected chi connectivity index (χ4v) is 3.61. The predicted molar refractivity (Wildman–Crippen MR) is 112 cm³/mol. The van der Waals surface area contributed by atoms with E-state index in [2.05, 4.69) is 15.3 Å². The number of benzene rings is 3. The van der Waals surface area contributed by atoms with Crippen LogP contribution in [-0.4, -0.2) is 20.0 Å². The largest absolute Gasteiger partial charge is 0.229 e. The molecule has 0 saturated carbocycles. The molecule has 2 heterocycles. The van der Waals surface area contributed by atoms with E-state index in [-0.39, 0.29) is 11.0 Å². The minimum atomic E-state index is -0.379. The summed E-state index contributed by atoms with van der Waals surface area (Å²) in [6, 6.07) is 25.9. The highest BCUT2D eigenvalue weighted by atomic mass is 35.5. The number of para-hydroxylation sites is 1. The van der Waals surface area contributed by atoms with Crippen LogP contribution in [-0.2, 0) is 0 Å². The van der Waals surface area contributed by atoms with Gasteiger partial charge in [-0.05, 0) is 12.1 Å². The Morgan fingerprint density at radius 2 is 1.34 bits per heavy atom. The molecule has 0 unspecified atom stereocenters. The van der Waals surface area contributed by atoms with E-state index >= 15 is 0 Å². The monoisotopic (exact) mass is 400 g/mol. The molecule has 140 valence electrons. The highest BCUT2D eigenvalue weighted by Gasteiger charge is 2.23. The first-order valence-electron chi connectivity index (χ1n) is 9.04. The van der Waals surface area contributed by atoms with E-state index in [1.165, 1.54) is 6.07 Å². The van der Waals surface area contributed by atoms with Gasteiger partial charge in [0.2, 0.25) is 0 Å². The molecule has 6 heteroatoms. The van der Waals surface area contributed by atoms with Gasteiger partial charge in [0.1, 0.15) is 22.7 Å². The van der Waals surface area contributed by atoms with Crippen molar-refractivity contribution in [1.29, 1.82) is 0 Å². The zero-order valence-electron chi connectivity index (χ0n) is 15.1. The topological polar surface area (TPSA) is 43.6 Å². The lowest BCUT2D eigenvalue weighted by Gasteiger charge is -2.10. The van der Waals surface area contributed by atoms with Crippen LogP contribution in [0.4, 0.5) is 4.39 Å². The van der Waals surface area contributed by atoms with Crippen LogP contribution >= 0.6 is 11.6 Å². The molecule has 5 rings (SSSR count). The molecule has 0 saturated heterocycles. The van der Waals surface area contributed by atoms with Gasteiger partial charge in [-0.3, -0.25) is 0 Å². The Morgan fingerprint density at radius 3 is 2.03 bits per heavy atom. The summed E-state index contributed by atoms with van der Waals surface area (Å²) in [7, 11) is 0. The molecule has 0 bridgehead atoms. The first-order valence-corrected chi connectivity index (χ1v) is 9.42. The molecule has 0 fully saturated rings. The lowest BCUT2D eigenvalue weighted by atomic mass is 10.0. The van der Waals surface area contributed by atoms with Crippen molar-refractivity contribution in [2.75, 3.05) is 0 Å². The Morgan fingerprint density at radius 1 is 0.724 bits per heavy atom. The second-order valence-corrected chi connectivity index (χ2v) is 6.86. The van der Waals surface area contributed by atoms with Crippen LogP contribution in [0.15, 0.2) is 84.9 Å². The van der Waals surface area contributed by atoms with Gasteiger partial charge < -0.3 is 0 Å². The number of hydrogen-bond donors (Lipinski definition) is 0. The van der Waals surface area contributed by atoms with Crippen LogP contribution in [0.1, 0.15) is 0 Å². The first kappa shape index (κ1) is 17.5. The molecule has 0 aliphatic rings. The molecule has 0 amide bonds. The highest BCUT2D eigenvalue weighted by Crippen LogP contribution is 2.38. The minimum Gasteiger partial charge on any atom is -0.229 e. The van der Waals surface area contributed by atoms with Crippen molar-refractivity contribution in [3.05, 3.63) is 95.9 Å². The van der Waals surface area contributed by atoms with Gasteiger partial charge in [0, 0.05) is 11.1 Å². The number of fused-ring (bicyclic) bond motifs is 1. The van der Waals surface area contributed by atoms with Gasteiger partial charge in [-0.25, -0.2) is 9.07 Å². The molecule has 0 aliphatic heterocycles. The standard InChI is InChI=1S/C23H14ClFN4/c24-23-21-19(20(26-27-23)15-9-3-1-4-10-15)22(16-11-5-2-6-12-16)29(28-21)18-14-8-7-13-17(18)25/h1-14H.